The topological polar surface area (TPSA) is 0 Å². The van der Waals surface area contributed by atoms with Crippen molar-refractivity contribution in [3.8, 4) is 9.75 Å². The molecule has 13 heavy (non-hydrogen) atoms. The van der Waals surface area contributed by atoms with Gasteiger partial charge in [-0.15, -0.1) is 22.7 Å². The van der Waals surface area contributed by atoms with Gasteiger partial charge in [0, 0.05) is 25.3 Å². The Labute approximate surface area is 91.7 Å². The SMILES string of the molecule is Cc1ccc(-c2ccc(CS)s2)s1. The second-order valence-electron chi connectivity index (χ2n) is 2.83. The van der Waals surface area contributed by atoms with Gasteiger partial charge in [-0.2, -0.15) is 12.6 Å². The van der Waals surface area contributed by atoms with Crippen molar-refractivity contribution in [2.24, 2.45) is 0 Å². The van der Waals surface area contributed by atoms with Crippen LogP contribution in [0.2, 0.25) is 0 Å². The lowest BCUT2D eigenvalue weighted by molar-refractivity contribution is 1.57. The van der Waals surface area contributed by atoms with Crippen molar-refractivity contribution in [3.63, 3.8) is 0 Å². The number of hydrogen-bond acceptors (Lipinski definition) is 3. The van der Waals surface area contributed by atoms with Crippen LogP contribution in [0.15, 0.2) is 24.3 Å². The minimum atomic E-state index is 0.842. The quantitative estimate of drug-likeness (QED) is 0.728. The van der Waals surface area contributed by atoms with Gasteiger partial charge in [-0.3, -0.25) is 0 Å². The van der Waals surface area contributed by atoms with Crippen molar-refractivity contribution < 1.29 is 0 Å². The highest BCUT2D eigenvalue weighted by atomic mass is 32.1. The van der Waals surface area contributed by atoms with E-state index in [4.69, 9.17) is 0 Å². The lowest BCUT2D eigenvalue weighted by Gasteiger charge is -1.88. The number of thiol groups is 1. The van der Waals surface area contributed by atoms with Crippen molar-refractivity contribution in [2.75, 3.05) is 0 Å². The molecule has 0 bridgehead atoms. The van der Waals surface area contributed by atoms with Crippen LogP contribution in [0.25, 0.3) is 9.75 Å². The molecule has 0 aliphatic heterocycles. The van der Waals surface area contributed by atoms with Gasteiger partial charge < -0.3 is 0 Å². The second kappa shape index (κ2) is 3.86. The molecule has 0 N–H and O–H groups in total. The maximum Gasteiger partial charge on any atom is 0.0445 e. The van der Waals surface area contributed by atoms with Crippen molar-refractivity contribution >= 4 is 35.3 Å². The Balaban J connectivity index is 2.35. The van der Waals surface area contributed by atoms with Crippen LogP contribution in [0.3, 0.4) is 0 Å². The summed E-state index contributed by atoms with van der Waals surface area (Å²) in [6.45, 7) is 2.14. The van der Waals surface area contributed by atoms with Crippen LogP contribution in [0.5, 0.6) is 0 Å². The van der Waals surface area contributed by atoms with Gasteiger partial charge >= 0.3 is 0 Å². The average molecular weight is 226 g/mol. The van der Waals surface area contributed by atoms with Gasteiger partial charge in [-0.25, -0.2) is 0 Å². The van der Waals surface area contributed by atoms with Crippen molar-refractivity contribution in [1.82, 2.24) is 0 Å². The van der Waals surface area contributed by atoms with Crippen LogP contribution >= 0.6 is 35.3 Å². The molecule has 0 radical (unpaired) electrons. The number of aryl methyl sites for hydroxylation is 1. The van der Waals surface area contributed by atoms with Crippen LogP contribution in [0.4, 0.5) is 0 Å². The third kappa shape index (κ3) is 1.98. The molecular formula is C10H10S3. The summed E-state index contributed by atoms with van der Waals surface area (Å²) in [6, 6.07) is 8.69. The fourth-order valence-corrected chi connectivity index (χ4v) is 3.29. The summed E-state index contributed by atoms with van der Waals surface area (Å²) in [5, 5.41) is 0. The highest BCUT2D eigenvalue weighted by Crippen LogP contribution is 2.33. The predicted molar refractivity (Wildman–Crippen MR) is 65.1 cm³/mol. The van der Waals surface area contributed by atoms with E-state index in [1.807, 2.05) is 22.7 Å². The fourth-order valence-electron chi connectivity index (χ4n) is 1.16. The maximum atomic E-state index is 4.25. The molecule has 0 aromatic carbocycles. The van der Waals surface area contributed by atoms with Crippen LogP contribution < -0.4 is 0 Å². The van der Waals surface area contributed by atoms with Crippen LogP contribution in [0.1, 0.15) is 9.75 Å². The summed E-state index contributed by atoms with van der Waals surface area (Å²) in [4.78, 5) is 5.44. The Morgan fingerprint density at radius 3 is 2.31 bits per heavy atom. The number of rotatable bonds is 2. The molecule has 0 nitrogen and oxygen atoms in total. The predicted octanol–water partition coefficient (Wildman–Crippen LogP) is 4.21. The Bertz CT molecular complexity index is 398. The Morgan fingerprint density at radius 1 is 1.08 bits per heavy atom. The minimum absolute atomic E-state index is 0.842. The minimum Gasteiger partial charge on any atom is -0.174 e. The third-order valence-corrected chi connectivity index (χ3v) is 4.64. The molecule has 2 heterocycles. The molecule has 0 fully saturated rings. The zero-order chi connectivity index (χ0) is 9.26. The molecular weight excluding hydrogens is 216 g/mol. The molecule has 2 aromatic rings. The number of thiophene rings is 2. The van der Waals surface area contributed by atoms with E-state index in [0.717, 1.165) is 5.75 Å². The molecule has 2 aromatic heterocycles. The van der Waals surface area contributed by atoms with Crippen molar-refractivity contribution in [3.05, 3.63) is 34.0 Å². The molecule has 68 valence electrons. The molecule has 0 aliphatic carbocycles. The van der Waals surface area contributed by atoms with Gasteiger partial charge in [0.1, 0.15) is 0 Å². The lowest BCUT2D eigenvalue weighted by Crippen LogP contribution is -1.60. The maximum absolute atomic E-state index is 4.25. The van der Waals surface area contributed by atoms with E-state index < -0.39 is 0 Å². The van der Waals surface area contributed by atoms with E-state index in [1.165, 1.54) is 19.5 Å². The van der Waals surface area contributed by atoms with Crippen molar-refractivity contribution in [2.45, 2.75) is 12.7 Å². The van der Waals surface area contributed by atoms with Gasteiger partial charge in [0.2, 0.25) is 0 Å². The molecule has 0 saturated carbocycles. The van der Waals surface area contributed by atoms with Crippen LogP contribution in [-0.2, 0) is 5.75 Å². The first-order chi connectivity index (χ1) is 6.29. The third-order valence-electron chi connectivity index (χ3n) is 1.80. The summed E-state index contributed by atoms with van der Waals surface area (Å²) in [5.41, 5.74) is 0. The highest BCUT2D eigenvalue weighted by molar-refractivity contribution is 7.79. The molecule has 0 aliphatic rings. The first kappa shape index (κ1) is 9.31. The molecule has 0 atom stereocenters. The van der Waals surface area contributed by atoms with Gasteiger partial charge in [-0.1, -0.05) is 0 Å². The van der Waals surface area contributed by atoms with Crippen molar-refractivity contribution in [1.29, 1.82) is 0 Å². The molecule has 0 spiro atoms. The Hall–Kier alpha value is -0.250. The monoisotopic (exact) mass is 226 g/mol. The smallest absolute Gasteiger partial charge is 0.0445 e. The molecule has 2 rings (SSSR count). The van der Waals surface area contributed by atoms with Gasteiger partial charge in [-0.05, 0) is 31.2 Å². The zero-order valence-electron chi connectivity index (χ0n) is 7.28. The molecule has 0 unspecified atom stereocenters. The van der Waals surface area contributed by atoms with E-state index in [-0.39, 0.29) is 0 Å². The fraction of sp³-hybridized carbons (Fsp3) is 0.200. The normalized spacial score (nSPS) is 10.6. The summed E-state index contributed by atoms with van der Waals surface area (Å²) in [5.74, 6) is 0.842. The largest absolute Gasteiger partial charge is 0.174 e. The first-order valence-corrected chi connectivity index (χ1v) is 6.32. The van der Waals surface area contributed by atoms with Crippen LogP contribution in [-0.4, -0.2) is 0 Å². The molecule has 0 amide bonds. The highest BCUT2D eigenvalue weighted by Gasteiger charge is 2.03. The van der Waals surface area contributed by atoms with Gasteiger partial charge in [0.15, 0.2) is 0 Å². The summed E-state index contributed by atoms with van der Waals surface area (Å²) in [7, 11) is 0. The van der Waals surface area contributed by atoms with E-state index in [2.05, 4.69) is 43.8 Å². The van der Waals surface area contributed by atoms with E-state index in [0.29, 0.717) is 0 Å². The Morgan fingerprint density at radius 2 is 1.77 bits per heavy atom. The van der Waals surface area contributed by atoms with E-state index in [9.17, 15) is 0 Å². The first-order valence-electron chi connectivity index (χ1n) is 4.06. The standard InChI is InChI=1S/C10H10S3/c1-7-2-4-9(12-7)10-5-3-8(6-11)13-10/h2-5,11H,6H2,1H3. The lowest BCUT2D eigenvalue weighted by atomic mass is 10.3. The zero-order valence-corrected chi connectivity index (χ0v) is 9.81. The number of hydrogen-bond donors (Lipinski definition) is 1. The van der Waals surface area contributed by atoms with Gasteiger partial charge in [0.25, 0.3) is 0 Å². The summed E-state index contributed by atoms with van der Waals surface area (Å²) in [6.07, 6.45) is 0. The van der Waals surface area contributed by atoms with E-state index >= 15 is 0 Å². The average Bonchev–Trinajstić information content (AvgIpc) is 2.71. The van der Waals surface area contributed by atoms with Crippen LogP contribution in [0, 0.1) is 6.92 Å². The summed E-state index contributed by atoms with van der Waals surface area (Å²) >= 11 is 7.94. The molecule has 3 heteroatoms. The van der Waals surface area contributed by atoms with E-state index in [1.54, 1.807) is 0 Å². The van der Waals surface area contributed by atoms with Gasteiger partial charge in [0.05, 0.1) is 0 Å². The second-order valence-corrected chi connectivity index (χ2v) is 5.61. The summed E-state index contributed by atoms with van der Waals surface area (Å²) < 4.78 is 0. The molecule has 0 saturated heterocycles. The Kier molecular flexibility index (Phi) is 2.77.